The second kappa shape index (κ2) is 4.66. The second-order valence-electron chi connectivity index (χ2n) is 4.47. The summed E-state index contributed by atoms with van der Waals surface area (Å²) in [5.41, 5.74) is 6.86. The van der Waals surface area contributed by atoms with E-state index in [1.165, 1.54) is 12.7 Å². The summed E-state index contributed by atoms with van der Waals surface area (Å²) in [6, 6.07) is 7.75. The van der Waals surface area contributed by atoms with E-state index in [9.17, 15) is 4.79 Å². The van der Waals surface area contributed by atoms with Crippen LogP contribution in [-0.2, 0) is 15.1 Å². The number of esters is 1. The molecule has 0 fully saturated rings. The Hall–Kier alpha value is -1.35. The van der Waals surface area contributed by atoms with E-state index in [4.69, 9.17) is 5.73 Å². The van der Waals surface area contributed by atoms with Gasteiger partial charge in [-0.15, -0.1) is 0 Å². The highest BCUT2D eigenvalue weighted by Gasteiger charge is 2.31. The lowest BCUT2D eigenvalue weighted by Crippen LogP contribution is -2.42. The predicted octanol–water partition coefficient (Wildman–Crippen LogP) is 2.16. The summed E-state index contributed by atoms with van der Waals surface area (Å²) in [6.45, 7) is 5.90. The number of carbonyl (C=O) groups is 1. The molecule has 0 bridgehead atoms. The number of hydrogen-bond donors (Lipinski definition) is 1. The highest BCUT2D eigenvalue weighted by atomic mass is 16.5. The van der Waals surface area contributed by atoms with E-state index in [1.54, 1.807) is 6.92 Å². The molecule has 1 aromatic carbocycles. The van der Waals surface area contributed by atoms with Crippen molar-refractivity contribution in [2.45, 2.75) is 32.2 Å². The molecule has 0 aliphatic heterocycles. The molecule has 1 rings (SSSR count). The predicted molar refractivity (Wildman–Crippen MR) is 64.1 cm³/mol. The van der Waals surface area contributed by atoms with Crippen LogP contribution in [-0.4, -0.2) is 13.1 Å². The molecular formula is C13H19NO2. The molecule has 0 aliphatic rings. The number of rotatable bonds is 3. The summed E-state index contributed by atoms with van der Waals surface area (Å²) >= 11 is 0. The fraction of sp³-hybridized carbons (Fsp3) is 0.462. The Morgan fingerprint density at radius 1 is 1.31 bits per heavy atom. The molecule has 0 saturated heterocycles. The molecule has 2 N–H and O–H groups in total. The van der Waals surface area contributed by atoms with Crippen molar-refractivity contribution in [3.05, 3.63) is 35.4 Å². The van der Waals surface area contributed by atoms with E-state index in [2.05, 4.69) is 18.6 Å². The van der Waals surface area contributed by atoms with Gasteiger partial charge in [-0.1, -0.05) is 38.1 Å². The average Bonchev–Trinajstić information content (AvgIpc) is 2.28. The van der Waals surface area contributed by atoms with Crippen molar-refractivity contribution in [1.82, 2.24) is 0 Å². The summed E-state index contributed by atoms with van der Waals surface area (Å²) in [6.07, 6.45) is 0. The van der Waals surface area contributed by atoms with Crippen LogP contribution in [0.2, 0.25) is 0 Å². The van der Waals surface area contributed by atoms with Gasteiger partial charge in [-0.05, 0) is 24.0 Å². The minimum Gasteiger partial charge on any atom is -0.467 e. The number of ether oxygens (including phenoxy) is 1. The first-order chi connectivity index (χ1) is 7.39. The largest absolute Gasteiger partial charge is 0.467 e. The first-order valence-electron chi connectivity index (χ1n) is 5.37. The van der Waals surface area contributed by atoms with Crippen molar-refractivity contribution >= 4 is 5.97 Å². The van der Waals surface area contributed by atoms with E-state index < -0.39 is 11.5 Å². The number of carbonyl (C=O) groups excluding carboxylic acids is 1. The van der Waals surface area contributed by atoms with Crippen LogP contribution in [0, 0.1) is 0 Å². The van der Waals surface area contributed by atoms with Crippen molar-refractivity contribution in [1.29, 1.82) is 0 Å². The molecule has 1 atom stereocenters. The fourth-order valence-corrected chi connectivity index (χ4v) is 1.54. The molecule has 0 aliphatic carbocycles. The third kappa shape index (κ3) is 2.42. The van der Waals surface area contributed by atoms with Gasteiger partial charge in [-0.3, -0.25) is 0 Å². The van der Waals surface area contributed by atoms with Gasteiger partial charge in [0.15, 0.2) is 0 Å². The SMILES string of the molecule is COC(=O)C(C)(N)c1ccc(C(C)C)cc1. The van der Waals surface area contributed by atoms with Crippen LogP contribution >= 0.6 is 0 Å². The Morgan fingerprint density at radius 3 is 2.19 bits per heavy atom. The maximum atomic E-state index is 11.5. The van der Waals surface area contributed by atoms with Crippen LogP contribution in [0.25, 0.3) is 0 Å². The van der Waals surface area contributed by atoms with Gasteiger partial charge in [0, 0.05) is 0 Å². The molecule has 3 nitrogen and oxygen atoms in total. The normalized spacial score (nSPS) is 14.6. The summed E-state index contributed by atoms with van der Waals surface area (Å²) in [5, 5.41) is 0. The standard InChI is InChI=1S/C13H19NO2/c1-9(2)10-5-7-11(8-6-10)13(3,14)12(15)16-4/h5-9H,14H2,1-4H3. The smallest absolute Gasteiger partial charge is 0.330 e. The monoisotopic (exact) mass is 221 g/mol. The Labute approximate surface area is 96.6 Å². The van der Waals surface area contributed by atoms with E-state index in [0.29, 0.717) is 5.92 Å². The Morgan fingerprint density at radius 2 is 1.81 bits per heavy atom. The van der Waals surface area contributed by atoms with Gasteiger partial charge in [0.25, 0.3) is 0 Å². The molecule has 3 heteroatoms. The Bertz CT molecular complexity index is 366. The lowest BCUT2D eigenvalue weighted by atomic mass is 9.91. The molecule has 0 spiro atoms. The van der Waals surface area contributed by atoms with Crippen LogP contribution in [0.3, 0.4) is 0 Å². The number of hydrogen-bond acceptors (Lipinski definition) is 3. The van der Waals surface area contributed by atoms with Crippen molar-refractivity contribution < 1.29 is 9.53 Å². The second-order valence-corrected chi connectivity index (χ2v) is 4.47. The molecule has 0 aromatic heterocycles. The summed E-state index contributed by atoms with van der Waals surface area (Å²) in [4.78, 5) is 11.5. The molecule has 0 saturated carbocycles. The molecule has 1 aromatic rings. The summed E-state index contributed by atoms with van der Waals surface area (Å²) in [5.74, 6) is 0.0426. The molecule has 0 amide bonds. The lowest BCUT2D eigenvalue weighted by molar-refractivity contribution is -0.146. The third-order valence-electron chi connectivity index (χ3n) is 2.79. The van der Waals surface area contributed by atoms with Gasteiger partial charge >= 0.3 is 5.97 Å². The van der Waals surface area contributed by atoms with Gasteiger partial charge in [0.05, 0.1) is 7.11 Å². The van der Waals surface area contributed by atoms with Crippen LogP contribution in [0.1, 0.15) is 37.8 Å². The van der Waals surface area contributed by atoms with Crippen molar-refractivity contribution in [3.8, 4) is 0 Å². The first-order valence-corrected chi connectivity index (χ1v) is 5.37. The molecule has 0 radical (unpaired) electrons. The zero-order valence-corrected chi connectivity index (χ0v) is 10.3. The maximum absolute atomic E-state index is 11.5. The van der Waals surface area contributed by atoms with Crippen LogP contribution in [0.15, 0.2) is 24.3 Å². The summed E-state index contributed by atoms with van der Waals surface area (Å²) in [7, 11) is 1.34. The minimum atomic E-state index is -1.08. The van der Waals surface area contributed by atoms with Crippen LogP contribution in [0.4, 0.5) is 0 Å². The first kappa shape index (κ1) is 12.7. The van der Waals surface area contributed by atoms with Gasteiger partial charge < -0.3 is 10.5 Å². The van der Waals surface area contributed by atoms with Crippen molar-refractivity contribution in [3.63, 3.8) is 0 Å². The van der Waals surface area contributed by atoms with Gasteiger partial charge in [-0.2, -0.15) is 0 Å². The minimum absolute atomic E-state index is 0.426. The zero-order valence-electron chi connectivity index (χ0n) is 10.3. The summed E-state index contributed by atoms with van der Waals surface area (Å²) < 4.78 is 4.68. The third-order valence-corrected chi connectivity index (χ3v) is 2.79. The zero-order chi connectivity index (χ0) is 12.3. The van der Waals surface area contributed by atoms with Gasteiger partial charge in [0.2, 0.25) is 0 Å². The number of benzene rings is 1. The van der Waals surface area contributed by atoms with E-state index >= 15 is 0 Å². The highest BCUT2D eigenvalue weighted by Crippen LogP contribution is 2.22. The molecule has 1 unspecified atom stereocenters. The number of methoxy groups -OCH3 is 1. The quantitative estimate of drug-likeness (QED) is 0.796. The Balaban J connectivity index is 3.01. The molecule has 88 valence electrons. The highest BCUT2D eigenvalue weighted by molar-refractivity contribution is 5.81. The van der Waals surface area contributed by atoms with E-state index in [1.807, 2.05) is 24.3 Å². The van der Waals surface area contributed by atoms with Gasteiger partial charge in [-0.25, -0.2) is 4.79 Å². The molecule has 0 heterocycles. The van der Waals surface area contributed by atoms with E-state index in [-0.39, 0.29) is 0 Å². The molecular weight excluding hydrogens is 202 g/mol. The molecule has 16 heavy (non-hydrogen) atoms. The average molecular weight is 221 g/mol. The van der Waals surface area contributed by atoms with Crippen LogP contribution in [0.5, 0.6) is 0 Å². The number of nitrogens with two attached hydrogens (primary N) is 1. The van der Waals surface area contributed by atoms with E-state index in [0.717, 1.165) is 5.56 Å². The maximum Gasteiger partial charge on any atom is 0.330 e. The van der Waals surface area contributed by atoms with Crippen molar-refractivity contribution in [2.24, 2.45) is 5.73 Å². The van der Waals surface area contributed by atoms with Crippen molar-refractivity contribution in [2.75, 3.05) is 7.11 Å². The topological polar surface area (TPSA) is 52.3 Å². The van der Waals surface area contributed by atoms with Crippen LogP contribution < -0.4 is 5.73 Å². The lowest BCUT2D eigenvalue weighted by Gasteiger charge is -2.22. The van der Waals surface area contributed by atoms with Gasteiger partial charge in [0.1, 0.15) is 5.54 Å². The fourth-order valence-electron chi connectivity index (χ4n) is 1.54. The Kier molecular flexibility index (Phi) is 3.70.